The smallest absolute Gasteiger partial charge is 0.273 e. The van der Waals surface area contributed by atoms with E-state index in [-0.39, 0.29) is 11.6 Å². The Morgan fingerprint density at radius 2 is 2.50 bits per heavy atom. The molecule has 78 valence electrons. The molecule has 0 atom stereocenters. The average molecular weight is 263 g/mol. The molecule has 0 fully saturated rings. The molecule has 0 spiro atoms. The zero-order chi connectivity index (χ0) is 10.2. The molecule has 1 heterocycles. The standard InChI is InChI=1S/C7H11BrN4O2/c8-1-3-14-4-2-9-7(13)6-5-10-12-11-6/h5H,1-4H2,(H,9,13)(H,10,11,12). The second-order valence-electron chi connectivity index (χ2n) is 2.41. The van der Waals surface area contributed by atoms with Gasteiger partial charge in [0.15, 0.2) is 5.69 Å². The summed E-state index contributed by atoms with van der Waals surface area (Å²) in [5, 5.41) is 13.0. The third-order valence-corrected chi connectivity index (χ3v) is 1.72. The Bertz CT molecular complexity index is 265. The number of amides is 1. The first-order valence-electron chi connectivity index (χ1n) is 4.12. The van der Waals surface area contributed by atoms with Gasteiger partial charge in [-0.1, -0.05) is 15.9 Å². The summed E-state index contributed by atoms with van der Waals surface area (Å²) in [5.74, 6) is -0.249. The van der Waals surface area contributed by atoms with Crippen molar-refractivity contribution in [2.24, 2.45) is 0 Å². The Labute approximate surface area is 89.5 Å². The van der Waals surface area contributed by atoms with Gasteiger partial charge in [0.1, 0.15) is 0 Å². The largest absolute Gasteiger partial charge is 0.379 e. The van der Waals surface area contributed by atoms with Crippen molar-refractivity contribution < 1.29 is 9.53 Å². The monoisotopic (exact) mass is 262 g/mol. The number of H-pyrrole nitrogens is 1. The number of rotatable bonds is 6. The first-order valence-corrected chi connectivity index (χ1v) is 5.24. The molecule has 0 saturated heterocycles. The maximum Gasteiger partial charge on any atom is 0.273 e. The van der Waals surface area contributed by atoms with E-state index in [1.54, 1.807) is 0 Å². The van der Waals surface area contributed by atoms with Gasteiger partial charge < -0.3 is 10.1 Å². The Kier molecular flexibility index (Phi) is 5.16. The van der Waals surface area contributed by atoms with Crippen LogP contribution in [0.5, 0.6) is 0 Å². The van der Waals surface area contributed by atoms with E-state index in [1.165, 1.54) is 6.20 Å². The highest BCUT2D eigenvalue weighted by Gasteiger charge is 2.06. The zero-order valence-electron chi connectivity index (χ0n) is 7.49. The number of nitrogens with zero attached hydrogens (tertiary/aromatic N) is 2. The van der Waals surface area contributed by atoms with E-state index < -0.39 is 0 Å². The number of nitrogens with one attached hydrogen (secondary N) is 2. The molecule has 0 aliphatic rings. The summed E-state index contributed by atoms with van der Waals surface area (Å²) in [6.45, 7) is 1.60. The van der Waals surface area contributed by atoms with Crippen LogP contribution in [-0.2, 0) is 4.74 Å². The van der Waals surface area contributed by atoms with Crippen molar-refractivity contribution in [2.75, 3.05) is 25.1 Å². The predicted molar refractivity (Wildman–Crippen MR) is 53.3 cm³/mol. The number of aromatic amines is 1. The molecular formula is C7H11BrN4O2. The van der Waals surface area contributed by atoms with Gasteiger partial charge in [0.05, 0.1) is 19.4 Å². The SMILES string of the molecule is O=C(NCCOCCBr)c1cn[nH]n1. The lowest BCUT2D eigenvalue weighted by molar-refractivity contribution is 0.0919. The Hall–Kier alpha value is -0.950. The van der Waals surface area contributed by atoms with E-state index in [4.69, 9.17) is 4.74 Å². The van der Waals surface area contributed by atoms with Gasteiger partial charge in [0.25, 0.3) is 5.91 Å². The molecule has 0 unspecified atom stereocenters. The van der Waals surface area contributed by atoms with Crippen LogP contribution in [0.3, 0.4) is 0 Å². The lowest BCUT2D eigenvalue weighted by Crippen LogP contribution is -2.27. The third-order valence-electron chi connectivity index (χ3n) is 1.40. The van der Waals surface area contributed by atoms with Crippen molar-refractivity contribution in [3.05, 3.63) is 11.9 Å². The fraction of sp³-hybridized carbons (Fsp3) is 0.571. The summed E-state index contributed by atoms with van der Waals surface area (Å²) in [5.41, 5.74) is 0.283. The molecule has 6 nitrogen and oxygen atoms in total. The molecule has 1 aromatic rings. The van der Waals surface area contributed by atoms with Gasteiger partial charge >= 0.3 is 0 Å². The van der Waals surface area contributed by atoms with E-state index in [0.717, 1.165) is 5.33 Å². The Morgan fingerprint density at radius 3 is 3.14 bits per heavy atom. The summed E-state index contributed by atoms with van der Waals surface area (Å²) in [6, 6.07) is 0. The van der Waals surface area contributed by atoms with Gasteiger partial charge in [-0.3, -0.25) is 4.79 Å². The number of carbonyl (C=O) groups is 1. The van der Waals surface area contributed by atoms with Crippen LogP contribution >= 0.6 is 15.9 Å². The van der Waals surface area contributed by atoms with Crippen molar-refractivity contribution >= 4 is 21.8 Å². The van der Waals surface area contributed by atoms with Crippen molar-refractivity contribution in [1.82, 2.24) is 20.7 Å². The Morgan fingerprint density at radius 1 is 1.64 bits per heavy atom. The highest BCUT2D eigenvalue weighted by atomic mass is 79.9. The third kappa shape index (κ3) is 3.84. The topological polar surface area (TPSA) is 79.9 Å². The molecular weight excluding hydrogens is 252 g/mol. The van der Waals surface area contributed by atoms with E-state index >= 15 is 0 Å². The molecule has 2 N–H and O–H groups in total. The van der Waals surface area contributed by atoms with Gasteiger partial charge in [-0.05, 0) is 0 Å². The number of alkyl halides is 1. The van der Waals surface area contributed by atoms with E-state index in [0.29, 0.717) is 19.8 Å². The first-order chi connectivity index (χ1) is 6.84. The van der Waals surface area contributed by atoms with E-state index in [9.17, 15) is 4.79 Å². The van der Waals surface area contributed by atoms with Crippen LogP contribution in [-0.4, -0.2) is 46.4 Å². The number of hydrogen-bond donors (Lipinski definition) is 2. The van der Waals surface area contributed by atoms with Crippen LogP contribution in [0.15, 0.2) is 6.20 Å². The Balaban J connectivity index is 2.10. The maximum absolute atomic E-state index is 11.2. The second kappa shape index (κ2) is 6.50. The minimum atomic E-state index is -0.249. The minimum Gasteiger partial charge on any atom is -0.379 e. The van der Waals surface area contributed by atoms with Crippen LogP contribution in [0.2, 0.25) is 0 Å². The normalized spacial score (nSPS) is 10.1. The molecule has 14 heavy (non-hydrogen) atoms. The van der Waals surface area contributed by atoms with Gasteiger partial charge in [-0.25, -0.2) is 0 Å². The number of aromatic nitrogens is 3. The average Bonchev–Trinajstić information content (AvgIpc) is 2.70. The maximum atomic E-state index is 11.2. The first kappa shape index (κ1) is 11.1. The number of halogens is 1. The van der Waals surface area contributed by atoms with Gasteiger partial charge in [0, 0.05) is 11.9 Å². The summed E-state index contributed by atoms with van der Waals surface area (Å²) < 4.78 is 5.15. The van der Waals surface area contributed by atoms with Gasteiger partial charge in [-0.15, -0.1) is 0 Å². The molecule has 1 rings (SSSR count). The van der Waals surface area contributed by atoms with Crippen molar-refractivity contribution in [2.45, 2.75) is 0 Å². The molecule has 0 aliphatic heterocycles. The molecule has 0 aromatic carbocycles. The fourth-order valence-corrected chi connectivity index (χ4v) is 1.02. The second-order valence-corrected chi connectivity index (χ2v) is 3.21. The molecule has 0 aliphatic carbocycles. The summed E-state index contributed by atoms with van der Waals surface area (Å²) in [6.07, 6.45) is 1.37. The number of ether oxygens (including phenoxy) is 1. The van der Waals surface area contributed by atoms with Crippen LogP contribution in [0, 0.1) is 0 Å². The van der Waals surface area contributed by atoms with E-state index in [2.05, 4.69) is 36.7 Å². The van der Waals surface area contributed by atoms with Crippen LogP contribution in [0.1, 0.15) is 10.5 Å². The molecule has 7 heteroatoms. The number of carbonyl (C=O) groups excluding carboxylic acids is 1. The van der Waals surface area contributed by atoms with Gasteiger partial charge in [0.2, 0.25) is 0 Å². The lowest BCUT2D eigenvalue weighted by Gasteiger charge is -2.02. The summed E-state index contributed by atoms with van der Waals surface area (Å²) >= 11 is 3.23. The lowest BCUT2D eigenvalue weighted by atomic mass is 10.4. The highest BCUT2D eigenvalue weighted by molar-refractivity contribution is 9.09. The van der Waals surface area contributed by atoms with Crippen molar-refractivity contribution in [3.63, 3.8) is 0 Å². The van der Waals surface area contributed by atoms with Crippen molar-refractivity contribution in [3.8, 4) is 0 Å². The van der Waals surface area contributed by atoms with Crippen LogP contribution in [0.4, 0.5) is 0 Å². The van der Waals surface area contributed by atoms with Crippen molar-refractivity contribution in [1.29, 1.82) is 0 Å². The van der Waals surface area contributed by atoms with Gasteiger partial charge in [-0.2, -0.15) is 15.4 Å². The highest BCUT2D eigenvalue weighted by Crippen LogP contribution is 1.87. The minimum absolute atomic E-state index is 0.249. The molecule has 0 bridgehead atoms. The van der Waals surface area contributed by atoms with Crippen LogP contribution < -0.4 is 5.32 Å². The number of hydrogen-bond acceptors (Lipinski definition) is 4. The van der Waals surface area contributed by atoms with E-state index in [1.807, 2.05) is 0 Å². The van der Waals surface area contributed by atoms with Crippen LogP contribution in [0.25, 0.3) is 0 Å². The molecule has 1 amide bonds. The molecule has 0 saturated carbocycles. The zero-order valence-corrected chi connectivity index (χ0v) is 9.08. The molecule has 0 radical (unpaired) electrons. The molecule has 1 aromatic heterocycles. The summed E-state index contributed by atoms with van der Waals surface area (Å²) in [4.78, 5) is 11.2. The summed E-state index contributed by atoms with van der Waals surface area (Å²) in [7, 11) is 0. The predicted octanol–water partition coefficient (Wildman–Crippen LogP) is -0.0540. The quantitative estimate of drug-likeness (QED) is 0.557. The fourth-order valence-electron chi connectivity index (χ4n) is 0.795.